The van der Waals surface area contributed by atoms with E-state index < -0.39 is 24.4 Å². The average molecular weight is 238 g/mol. The van der Waals surface area contributed by atoms with Crippen LogP contribution in [0.4, 0.5) is 0 Å². The van der Waals surface area contributed by atoms with Gasteiger partial charge in [-0.1, -0.05) is 0 Å². The first-order valence-corrected chi connectivity index (χ1v) is 5.60. The van der Waals surface area contributed by atoms with Crippen LogP contribution in [-0.2, 0) is 9.47 Å². The number of aliphatic hydroxyl groups excluding tert-OH is 3. The Morgan fingerprint density at radius 1 is 1.33 bits per heavy atom. The van der Waals surface area contributed by atoms with Gasteiger partial charge in [0.2, 0.25) is 0 Å². The first kappa shape index (κ1) is 13.2. The van der Waals surface area contributed by atoms with Gasteiger partial charge in [0.1, 0.15) is 6.10 Å². The van der Waals surface area contributed by atoms with E-state index in [0.717, 1.165) is 0 Å². The number of thiol groups is 1. The Labute approximate surface area is 94.4 Å². The summed E-state index contributed by atoms with van der Waals surface area (Å²) in [5.74, 6) is 0.0383. The van der Waals surface area contributed by atoms with Crippen molar-refractivity contribution in [3.63, 3.8) is 0 Å². The first-order valence-electron chi connectivity index (χ1n) is 4.96. The van der Waals surface area contributed by atoms with Crippen LogP contribution in [0, 0.1) is 5.92 Å². The number of ether oxygens (including phenoxy) is 2. The topological polar surface area (TPSA) is 79.2 Å². The van der Waals surface area contributed by atoms with Crippen molar-refractivity contribution in [2.45, 2.75) is 31.5 Å². The molecule has 3 N–H and O–H groups in total. The van der Waals surface area contributed by atoms with Crippen LogP contribution in [0.2, 0.25) is 0 Å². The van der Waals surface area contributed by atoms with E-state index in [0.29, 0.717) is 12.4 Å². The fourth-order valence-corrected chi connectivity index (χ4v) is 1.75. The minimum Gasteiger partial charge on any atom is -0.396 e. The minimum absolute atomic E-state index is 0.224. The fraction of sp³-hybridized carbons (Fsp3) is 1.00. The van der Waals surface area contributed by atoms with E-state index in [-0.39, 0.29) is 12.7 Å². The molecule has 1 rings (SSSR count). The zero-order valence-corrected chi connectivity index (χ0v) is 9.51. The standard InChI is InChI=1S/C9H18O5S/c1-5-6(4-10)7(11)8(12)9(14-5)13-2-3-15/h5-12,15H,2-4H2,1H3/t5?,6-,7?,8?,9+/m1/s1. The van der Waals surface area contributed by atoms with Crippen molar-refractivity contribution >= 4 is 12.6 Å². The highest BCUT2D eigenvalue weighted by atomic mass is 32.1. The van der Waals surface area contributed by atoms with Crippen LogP contribution in [0.3, 0.4) is 0 Å². The largest absolute Gasteiger partial charge is 0.396 e. The van der Waals surface area contributed by atoms with Gasteiger partial charge in [0.15, 0.2) is 6.29 Å². The number of hydrogen-bond donors (Lipinski definition) is 4. The molecule has 3 unspecified atom stereocenters. The Morgan fingerprint density at radius 3 is 2.53 bits per heavy atom. The van der Waals surface area contributed by atoms with Crippen molar-refractivity contribution in [2.24, 2.45) is 5.92 Å². The van der Waals surface area contributed by atoms with Gasteiger partial charge in [-0.3, -0.25) is 0 Å². The zero-order chi connectivity index (χ0) is 11.4. The summed E-state index contributed by atoms with van der Waals surface area (Å²) in [5.41, 5.74) is 0. The van der Waals surface area contributed by atoms with E-state index in [1.807, 2.05) is 0 Å². The maximum Gasteiger partial charge on any atom is 0.186 e. The van der Waals surface area contributed by atoms with Crippen LogP contribution in [0.25, 0.3) is 0 Å². The number of aliphatic hydroxyl groups is 3. The normalized spacial score (nSPS) is 41.8. The molecule has 0 spiro atoms. The molecule has 15 heavy (non-hydrogen) atoms. The van der Waals surface area contributed by atoms with E-state index >= 15 is 0 Å². The molecule has 1 aliphatic heterocycles. The molecule has 1 saturated heterocycles. The second kappa shape index (κ2) is 6.03. The lowest BCUT2D eigenvalue weighted by molar-refractivity contribution is -0.283. The summed E-state index contributed by atoms with van der Waals surface area (Å²) in [6.45, 7) is 1.85. The molecule has 0 aromatic carbocycles. The Kier molecular flexibility index (Phi) is 5.31. The van der Waals surface area contributed by atoms with Crippen LogP contribution >= 0.6 is 12.6 Å². The molecule has 0 radical (unpaired) electrons. The van der Waals surface area contributed by atoms with Crippen LogP contribution in [0.5, 0.6) is 0 Å². The quantitative estimate of drug-likeness (QED) is 0.473. The Morgan fingerprint density at radius 2 is 2.00 bits per heavy atom. The summed E-state index contributed by atoms with van der Waals surface area (Å²) in [6, 6.07) is 0. The molecule has 0 saturated carbocycles. The molecule has 0 amide bonds. The number of rotatable bonds is 4. The van der Waals surface area contributed by atoms with Crippen LogP contribution < -0.4 is 0 Å². The van der Waals surface area contributed by atoms with Gasteiger partial charge in [-0.05, 0) is 6.92 Å². The predicted molar refractivity (Wildman–Crippen MR) is 56.7 cm³/mol. The monoisotopic (exact) mass is 238 g/mol. The van der Waals surface area contributed by atoms with Crippen LogP contribution in [0.15, 0.2) is 0 Å². The zero-order valence-electron chi connectivity index (χ0n) is 8.61. The molecular weight excluding hydrogens is 220 g/mol. The second-order valence-corrected chi connectivity index (χ2v) is 4.08. The Hall–Kier alpha value is 0.150. The Bertz CT molecular complexity index is 191. The third-order valence-electron chi connectivity index (χ3n) is 2.60. The third-order valence-corrected chi connectivity index (χ3v) is 2.79. The summed E-state index contributed by atoms with van der Waals surface area (Å²) in [4.78, 5) is 0. The maximum absolute atomic E-state index is 9.69. The van der Waals surface area contributed by atoms with E-state index in [1.54, 1.807) is 6.92 Å². The van der Waals surface area contributed by atoms with Crippen LogP contribution in [-0.4, -0.2) is 58.9 Å². The van der Waals surface area contributed by atoms with Crippen molar-refractivity contribution in [2.75, 3.05) is 19.0 Å². The SMILES string of the molecule is CC1O[C@H](OCCS)C(O)C(O)[C@@H]1CO. The minimum atomic E-state index is -1.13. The molecule has 0 aliphatic carbocycles. The predicted octanol–water partition coefficient (Wildman–Crippen LogP) is -0.992. The van der Waals surface area contributed by atoms with Crippen LogP contribution in [0.1, 0.15) is 6.92 Å². The summed E-state index contributed by atoms with van der Waals surface area (Å²) >= 11 is 3.97. The molecule has 0 aromatic rings. The summed E-state index contributed by atoms with van der Waals surface area (Å²) < 4.78 is 10.5. The van der Waals surface area contributed by atoms with Crippen molar-refractivity contribution in [1.29, 1.82) is 0 Å². The van der Waals surface area contributed by atoms with Crippen molar-refractivity contribution < 1.29 is 24.8 Å². The molecule has 5 nitrogen and oxygen atoms in total. The molecule has 6 heteroatoms. The molecule has 5 atom stereocenters. The van der Waals surface area contributed by atoms with Gasteiger partial charge in [0, 0.05) is 11.7 Å². The van der Waals surface area contributed by atoms with Gasteiger partial charge in [-0.25, -0.2) is 0 Å². The highest BCUT2D eigenvalue weighted by Gasteiger charge is 2.42. The highest BCUT2D eigenvalue weighted by molar-refractivity contribution is 7.80. The molecule has 1 aliphatic rings. The summed E-state index contributed by atoms with van der Waals surface area (Å²) in [7, 11) is 0. The van der Waals surface area contributed by atoms with Crippen molar-refractivity contribution in [3.05, 3.63) is 0 Å². The molecular formula is C9H18O5S. The first-order chi connectivity index (χ1) is 7.11. The van der Waals surface area contributed by atoms with Gasteiger partial charge in [0.05, 0.1) is 25.4 Å². The molecule has 0 bridgehead atoms. The molecule has 1 fully saturated rings. The fourth-order valence-electron chi connectivity index (χ4n) is 1.65. The number of hydrogen-bond acceptors (Lipinski definition) is 6. The lowest BCUT2D eigenvalue weighted by atomic mass is 9.90. The lowest BCUT2D eigenvalue weighted by Gasteiger charge is -2.40. The van der Waals surface area contributed by atoms with Gasteiger partial charge < -0.3 is 24.8 Å². The van der Waals surface area contributed by atoms with Crippen molar-refractivity contribution in [1.82, 2.24) is 0 Å². The summed E-state index contributed by atoms with van der Waals surface area (Å²) in [6.07, 6.45) is -3.34. The van der Waals surface area contributed by atoms with Crippen molar-refractivity contribution in [3.8, 4) is 0 Å². The molecule has 1 heterocycles. The van der Waals surface area contributed by atoms with Gasteiger partial charge >= 0.3 is 0 Å². The molecule has 0 aromatic heterocycles. The van der Waals surface area contributed by atoms with Gasteiger partial charge in [-0.2, -0.15) is 12.6 Å². The smallest absolute Gasteiger partial charge is 0.186 e. The molecule has 90 valence electrons. The third kappa shape index (κ3) is 3.05. The van der Waals surface area contributed by atoms with Gasteiger partial charge in [0.25, 0.3) is 0 Å². The van der Waals surface area contributed by atoms with Gasteiger partial charge in [-0.15, -0.1) is 0 Å². The highest BCUT2D eigenvalue weighted by Crippen LogP contribution is 2.26. The lowest BCUT2D eigenvalue weighted by Crippen LogP contribution is -2.55. The second-order valence-electron chi connectivity index (χ2n) is 3.63. The maximum atomic E-state index is 9.69. The van der Waals surface area contributed by atoms with E-state index in [4.69, 9.17) is 14.6 Å². The van der Waals surface area contributed by atoms with E-state index in [9.17, 15) is 10.2 Å². The summed E-state index contributed by atoms with van der Waals surface area (Å²) in [5, 5.41) is 28.3. The average Bonchev–Trinajstić information content (AvgIpc) is 2.22. The Balaban J connectivity index is 2.56. The van der Waals surface area contributed by atoms with E-state index in [1.165, 1.54) is 0 Å². The van der Waals surface area contributed by atoms with E-state index in [2.05, 4.69) is 12.6 Å².